The van der Waals surface area contributed by atoms with Crippen LogP contribution in [0.15, 0.2) is 22.9 Å². The summed E-state index contributed by atoms with van der Waals surface area (Å²) >= 11 is 5.80. The number of carbonyl (C=O) groups excluding carboxylic acids is 1. The number of fused-ring (bicyclic) bond motifs is 3. The maximum atomic E-state index is 13.9. The number of anilines is 2. The molecule has 0 radical (unpaired) electrons. The van der Waals surface area contributed by atoms with E-state index in [1.807, 2.05) is 0 Å². The van der Waals surface area contributed by atoms with Crippen LogP contribution < -0.4 is 10.2 Å². The van der Waals surface area contributed by atoms with Gasteiger partial charge in [0.25, 0.3) is 6.43 Å². The Morgan fingerprint density at radius 2 is 2.10 bits per heavy atom. The van der Waals surface area contributed by atoms with Crippen LogP contribution in [0.4, 0.5) is 38.3 Å². The molecular formula is C15H10ClF5N6O2. The number of hydrogen-bond acceptors (Lipinski definition) is 5. The largest absolute Gasteiger partial charge is 0.401 e. The Labute approximate surface area is 163 Å². The van der Waals surface area contributed by atoms with E-state index in [1.54, 1.807) is 0 Å². The topological polar surface area (TPSA) is 88.6 Å². The summed E-state index contributed by atoms with van der Waals surface area (Å²) in [5, 5.41) is 8.96. The first-order valence-electron chi connectivity index (χ1n) is 7.96. The van der Waals surface area contributed by atoms with E-state index in [9.17, 15) is 26.7 Å². The SMILES string of the molecule is C[C@@]1(C(F)(F)F)CN(C(=O)Nc2cc(C(F)F)no2)c2cnc3cc(Cl)nn3c21. The van der Waals surface area contributed by atoms with Gasteiger partial charge in [0.1, 0.15) is 5.41 Å². The van der Waals surface area contributed by atoms with Gasteiger partial charge in [-0.05, 0) is 6.92 Å². The molecule has 1 aliphatic heterocycles. The van der Waals surface area contributed by atoms with E-state index in [4.69, 9.17) is 11.6 Å². The Bertz CT molecular complexity index is 1110. The van der Waals surface area contributed by atoms with Crippen LogP contribution in [0.5, 0.6) is 0 Å². The van der Waals surface area contributed by atoms with Gasteiger partial charge in [-0.3, -0.25) is 10.2 Å². The van der Waals surface area contributed by atoms with Crippen molar-refractivity contribution in [1.29, 1.82) is 0 Å². The van der Waals surface area contributed by atoms with Crippen molar-refractivity contribution in [2.45, 2.75) is 24.9 Å². The van der Waals surface area contributed by atoms with Crippen LogP contribution in [0, 0.1) is 0 Å². The van der Waals surface area contributed by atoms with Crippen molar-refractivity contribution in [3.05, 3.63) is 34.9 Å². The molecule has 4 rings (SSSR count). The summed E-state index contributed by atoms with van der Waals surface area (Å²) in [6.45, 7) is 0.114. The molecule has 3 aromatic heterocycles. The summed E-state index contributed by atoms with van der Waals surface area (Å²) in [6.07, 6.45) is -6.60. The molecule has 1 atom stereocenters. The highest BCUT2D eigenvalue weighted by molar-refractivity contribution is 6.29. The predicted molar refractivity (Wildman–Crippen MR) is 89.2 cm³/mol. The highest BCUT2D eigenvalue weighted by Gasteiger charge is 2.60. The molecule has 2 amide bonds. The summed E-state index contributed by atoms with van der Waals surface area (Å²) in [5.41, 5.74) is -3.64. The number of nitrogens with one attached hydrogen (secondary N) is 1. The fraction of sp³-hybridized carbons (Fsp3) is 0.333. The van der Waals surface area contributed by atoms with Crippen LogP contribution in [-0.4, -0.2) is 38.5 Å². The Morgan fingerprint density at radius 1 is 1.38 bits per heavy atom. The van der Waals surface area contributed by atoms with E-state index in [-0.39, 0.29) is 22.2 Å². The van der Waals surface area contributed by atoms with Crippen molar-refractivity contribution in [3.63, 3.8) is 0 Å². The molecule has 0 bridgehead atoms. The molecule has 4 heterocycles. The Morgan fingerprint density at radius 3 is 2.72 bits per heavy atom. The zero-order valence-electron chi connectivity index (χ0n) is 14.3. The molecule has 0 spiro atoms. The maximum absolute atomic E-state index is 13.9. The Kier molecular flexibility index (Phi) is 4.19. The second kappa shape index (κ2) is 6.27. The van der Waals surface area contributed by atoms with E-state index in [1.165, 1.54) is 6.07 Å². The zero-order valence-corrected chi connectivity index (χ0v) is 15.1. The molecule has 3 aromatic rings. The average Bonchev–Trinajstić information content (AvgIpc) is 3.29. The maximum Gasteiger partial charge on any atom is 0.401 e. The van der Waals surface area contributed by atoms with Crippen molar-refractivity contribution < 1.29 is 31.3 Å². The molecule has 1 aliphatic rings. The summed E-state index contributed by atoms with van der Waals surface area (Å²) in [5.74, 6) is -0.441. The molecule has 0 aromatic carbocycles. The first-order valence-corrected chi connectivity index (χ1v) is 8.34. The van der Waals surface area contributed by atoms with E-state index in [2.05, 4.69) is 25.1 Å². The lowest BCUT2D eigenvalue weighted by molar-refractivity contribution is -0.181. The van der Waals surface area contributed by atoms with E-state index >= 15 is 0 Å². The van der Waals surface area contributed by atoms with Crippen LogP contribution >= 0.6 is 11.6 Å². The summed E-state index contributed by atoms with van der Waals surface area (Å²) in [7, 11) is 0. The number of carbonyl (C=O) groups is 1. The van der Waals surface area contributed by atoms with Crippen molar-refractivity contribution in [2.75, 3.05) is 16.8 Å². The standard InChI is InChI=1S/C15H10ClF5N6O2/c1-14(15(19,20)21)5-26(13(28)23-10-2-6(12(17)18)25-29-10)7-4-22-9-3-8(16)24-27(9)11(7)14/h2-4,12H,5H2,1H3,(H,23,28)/t14-/m1/s1. The van der Waals surface area contributed by atoms with E-state index < -0.39 is 42.2 Å². The van der Waals surface area contributed by atoms with Gasteiger partial charge >= 0.3 is 12.2 Å². The van der Waals surface area contributed by atoms with Gasteiger partial charge in [0.2, 0.25) is 5.88 Å². The lowest BCUT2D eigenvalue weighted by Gasteiger charge is -2.28. The third kappa shape index (κ3) is 2.96. The van der Waals surface area contributed by atoms with Crippen LogP contribution in [0.1, 0.15) is 24.7 Å². The molecule has 0 saturated carbocycles. The first kappa shape index (κ1) is 19.4. The van der Waals surface area contributed by atoms with E-state index in [0.717, 1.165) is 28.6 Å². The van der Waals surface area contributed by atoms with E-state index in [0.29, 0.717) is 0 Å². The number of alkyl halides is 5. The fourth-order valence-corrected chi connectivity index (χ4v) is 3.29. The number of urea groups is 1. The van der Waals surface area contributed by atoms with Crippen LogP contribution in [0.3, 0.4) is 0 Å². The molecule has 0 unspecified atom stereocenters. The Balaban J connectivity index is 1.77. The molecule has 1 N–H and O–H groups in total. The van der Waals surface area contributed by atoms with Crippen molar-refractivity contribution in [2.24, 2.45) is 0 Å². The Hall–Kier alpha value is -2.96. The molecule has 14 heteroatoms. The van der Waals surface area contributed by atoms with Crippen LogP contribution in [0.2, 0.25) is 5.15 Å². The minimum Gasteiger partial charge on any atom is -0.338 e. The van der Waals surface area contributed by atoms with Gasteiger partial charge in [-0.15, -0.1) is 0 Å². The number of nitrogens with zero attached hydrogens (tertiary/aromatic N) is 5. The number of halogens is 6. The predicted octanol–water partition coefficient (Wildman–Crippen LogP) is 4.18. The van der Waals surface area contributed by atoms with Gasteiger partial charge in [-0.1, -0.05) is 16.8 Å². The summed E-state index contributed by atoms with van der Waals surface area (Å²) < 4.78 is 72.6. The smallest absolute Gasteiger partial charge is 0.338 e. The fourth-order valence-electron chi connectivity index (χ4n) is 3.12. The van der Waals surface area contributed by atoms with Gasteiger partial charge in [0.05, 0.1) is 17.6 Å². The lowest BCUT2D eigenvalue weighted by Crippen LogP contribution is -2.46. The number of hydrogen-bond donors (Lipinski definition) is 1. The second-order valence-electron chi connectivity index (χ2n) is 6.49. The number of rotatable bonds is 2. The van der Waals surface area contributed by atoms with Crippen molar-refractivity contribution >= 4 is 34.9 Å². The minimum atomic E-state index is -4.75. The summed E-state index contributed by atoms with van der Waals surface area (Å²) in [6, 6.07) is 1.01. The monoisotopic (exact) mass is 436 g/mol. The average molecular weight is 437 g/mol. The second-order valence-corrected chi connectivity index (χ2v) is 6.88. The molecule has 8 nitrogen and oxygen atoms in total. The molecule has 0 saturated heterocycles. The van der Waals surface area contributed by atoms with Crippen molar-refractivity contribution in [3.8, 4) is 0 Å². The molecule has 0 fully saturated rings. The normalized spacial score (nSPS) is 19.2. The van der Waals surface area contributed by atoms with Crippen LogP contribution in [0.25, 0.3) is 5.65 Å². The van der Waals surface area contributed by atoms with Gasteiger partial charge in [0, 0.05) is 18.7 Å². The quantitative estimate of drug-likeness (QED) is 0.609. The molecule has 154 valence electrons. The van der Waals surface area contributed by atoms with Crippen LogP contribution in [-0.2, 0) is 5.41 Å². The lowest BCUT2D eigenvalue weighted by atomic mass is 9.88. The first-order chi connectivity index (χ1) is 13.5. The van der Waals surface area contributed by atoms with Crippen molar-refractivity contribution in [1.82, 2.24) is 19.8 Å². The molecule has 0 aliphatic carbocycles. The third-order valence-electron chi connectivity index (χ3n) is 4.57. The number of aromatic nitrogens is 4. The highest BCUT2D eigenvalue weighted by Crippen LogP contribution is 2.50. The molecular weight excluding hydrogens is 427 g/mol. The number of amides is 2. The van der Waals surface area contributed by atoms with Gasteiger partial charge in [-0.2, -0.15) is 18.3 Å². The van der Waals surface area contributed by atoms with Gasteiger partial charge < -0.3 is 4.52 Å². The van der Waals surface area contributed by atoms with Gasteiger partial charge in [-0.25, -0.2) is 23.1 Å². The summed E-state index contributed by atoms with van der Waals surface area (Å²) in [4.78, 5) is 17.4. The molecule has 29 heavy (non-hydrogen) atoms. The zero-order chi connectivity index (χ0) is 21.1. The highest BCUT2D eigenvalue weighted by atomic mass is 35.5. The minimum absolute atomic E-state index is 0.0699. The van der Waals surface area contributed by atoms with Gasteiger partial charge in [0.15, 0.2) is 16.5 Å². The third-order valence-corrected chi connectivity index (χ3v) is 4.76.